The number of hydrogen-bond donors (Lipinski definition) is 1. The Labute approximate surface area is 148 Å². The monoisotopic (exact) mass is 340 g/mol. The molecule has 0 aliphatic rings. The van der Waals surface area contributed by atoms with Crippen LogP contribution < -0.4 is 10.1 Å². The summed E-state index contributed by atoms with van der Waals surface area (Å²) >= 11 is 0. The lowest BCUT2D eigenvalue weighted by Crippen LogP contribution is -2.48. The van der Waals surface area contributed by atoms with Crippen molar-refractivity contribution in [3.05, 3.63) is 65.7 Å². The van der Waals surface area contributed by atoms with E-state index in [2.05, 4.69) is 5.32 Å². The molecule has 1 atom stereocenters. The second-order valence-electron chi connectivity index (χ2n) is 5.85. The SMILES string of the molecule is CNC(=O)[C@H](C)N(Cc1ccccc1)C(=O)COc1ccccc1C. The molecule has 0 spiro atoms. The van der Waals surface area contributed by atoms with E-state index in [1.165, 1.54) is 4.90 Å². The quantitative estimate of drug-likeness (QED) is 0.843. The van der Waals surface area contributed by atoms with E-state index in [9.17, 15) is 9.59 Å². The molecule has 0 saturated heterocycles. The minimum atomic E-state index is -0.585. The average molecular weight is 340 g/mol. The average Bonchev–Trinajstić information content (AvgIpc) is 2.64. The van der Waals surface area contributed by atoms with Crippen LogP contribution in [0.4, 0.5) is 0 Å². The third-order valence-electron chi connectivity index (χ3n) is 4.05. The highest BCUT2D eigenvalue weighted by atomic mass is 16.5. The summed E-state index contributed by atoms with van der Waals surface area (Å²) in [6.07, 6.45) is 0. The van der Waals surface area contributed by atoms with Gasteiger partial charge < -0.3 is 15.0 Å². The number of amides is 2. The number of carbonyl (C=O) groups is 2. The van der Waals surface area contributed by atoms with Crippen LogP contribution in [0, 0.1) is 6.92 Å². The van der Waals surface area contributed by atoms with E-state index in [1.807, 2.05) is 61.5 Å². The summed E-state index contributed by atoms with van der Waals surface area (Å²) in [6.45, 7) is 3.88. The van der Waals surface area contributed by atoms with Gasteiger partial charge in [0.2, 0.25) is 5.91 Å². The van der Waals surface area contributed by atoms with Crippen molar-refractivity contribution in [1.29, 1.82) is 0 Å². The zero-order chi connectivity index (χ0) is 18.2. The van der Waals surface area contributed by atoms with E-state index in [4.69, 9.17) is 4.74 Å². The zero-order valence-corrected chi connectivity index (χ0v) is 14.9. The topological polar surface area (TPSA) is 58.6 Å². The molecule has 0 aliphatic carbocycles. The first-order valence-corrected chi connectivity index (χ1v) is 8.26. The van der Waals surface area contributed by atoms with Crippen LogP contribution in [-0.2, 0) is 16.1 Å². The van der Waals surface area contributed by atoms with Crippen molar-refractivity contribution in [3.63, 3.8) is 0 Å². The van der Waals surface area contributed by atoms with Gasteiger partial charge in [-0.15, -0.1) is 0 Å². The van der Waals surface area contributed by atoms with E-state index in [-0.39, 0.29) is 18.4 Å². The summed E-state index contributed by atoms with van der Waals surface area (Å²) in [5, 5.41) is 2.60. The lowest BCUT2D eigenvalue weighted by atomic mass is 10.1. The Kier molecular flexibility index (Phi) is 6.57. The fraction of sp³-hybridized carbons (Fsp3) is 0.300. The molecule has 0 unspecified atom stereocenters. The maximum Gasteiger partial charge on any atom is 0.261 e. The third kappa shape index (κ3) is 5.08. The molecule has 2 aromatic carbocycles. The number of hydrogen-bond acceptors (Lipinski definition) is 3. The number of ether oxygens (including phenoxy) is 1. The first-order chi connectivity index (χ1) is 12.0. The maximum atomic E-state index is 12.7. The van der Waals surface area contributed by atoms with E-state index in [0.29, 0.717) is 12.3 Å². The van der Waals surface area contributed by atoms with E-state index in [1.54, 1.807) is 14.0 Å². The number of nitrogens with one attached hydrogen (secondary N) is 1. The number of carbonyl (C=O) groups excluding carboxylic acids is 2. The smallest absolute Gasteiger partial charge is 0.261 e. The predicted octanol–water partition coefficient (Wildman–Crippen LogP) is 2.54. The van der Waals surface area contributed by atoms with Gasteiger partial charge in [0.15, 0.2) is 6.61 Å². The number of benzene rings is 2. The Morgan fingerprint density at radius 1 is 1.08 bits per heavy atom. The second kappa shape index (κ2) is 8.87. The van der Waals surface area contributed by atoms with Gasteiger partial charge in [0.05, 0.1) is 0 Å². The highest BCUT2D eigenvalue weighted by Crippen LogP contribution is 2.17. The standard InChI is InChI=1S/C20H24N2O3/c1-15-9-7-8-12-18(15)25-14-19(23)22(16(2)20(24)21-3)13-17-10-5-4-6-11-17/h4-12,16H,13-14H2,1-3H3,(H,21,24)/t16-/m0/s1. The molecule has 2 rings (SSSR count). The van der Waals surface area contributed by atoms with E-state index < -0.39 is 6.04 Å². The normalized spacial score (nSPS) is 11.5. The molecule has 25 heavy (non-hydrogen) atoms. The number of aryl methyl sites for hydroxylation is 1. The highest BCUT2D eigenvalue weighted by molar-refractivity contribution is 5.87. The van der Waals surface area contributed by atoms with Crippen molar-refractivity contribution >= 4 is 11.8 Å². The van der Waals surface area contributed by atoms with Crippen molar-refractivity contribution in [1.82, 2.24) is 10.2 Å². The molecular formula is C20H24N2O3. The molecule has 0 bridgehead atoms. The molecule has 0 radical (unpaired) electrons. The zero-order valence-electron chi connectivity index (χ0n) is 14.9. The molecule has 0 fully saturated rings. The minimum absolute atomic E-state index is 0.112. The fourth-order valence-corrected chi connectivity index (χ4v) is 2.51. The molecule has 0 aliphatic heterocycles. The maximum absolute atomic E-state index is 12.7. The molecule has 0 heterocycles. The molecular weight excluding hydrogens is 316 g/mol. The summed E-state index contributed by atoms with van der Waals surface area (Å²) in [6, 6.07) is 16.5. The first-order valence-electron chi connectivity index (χ1n) is 8.26. The van der Waals surface area contributed by atoms with E-state index >= 15 is 0 Å². The van der Waals surface area contributed by atoms with Crippen molar-refractivity contribution in [3.8, 4) is 5.75 Å². The Morgan fingerprint density at radius 2 is 1.72 bits per heavy atom. The van der Waals surface area contributed by atoms with Gasteiger partial charge in [-0.1, -0.05) is 48.5 Å². The fourth-order valence-electron chi connectivity index (χ4n) is 2.51. The molecule has 2 amide bonds. The highest BCUT2D eigenvalue weighted by Gasteiger charge is 2.25. The van der Waals surface area contributed by atoms with Crippen LogP contribution >= 0.6 is 0 Å². The molecule has 5 heteroatoms. The van der Waals surface area contributed by atoms with Crippen molar-refractivity contribution in [2.75, 3.05) is 13.7 Å². The van der Waals surface area contributed by atoms with Gasteiger partial charge in [-0.2, -0.15) is 0 Å². The third-order valence-corrected chi connectivity index (χ3v) is 4.05. The van der Waals surface area contributed by atoms with Crippen molar-refractivity contribution < 1.29 is 14.3 Å². The summed E-state index contributed by atoms with van der Waals surface area (Å²) < 4.78 is 5.66. The number of para-hydroxylation sites is 1. The molecule has 5 nitrogen and oxygen atoms in total. The molecule has 132 valence electrons. The Bertz CT molecular complexity index is 716. The van der Waals surface area contributed by atoms with Crippen LogP contribution in [0.2, 0.25) is 0 Å². The van der Waals surface area contributed by atoms with Gasteiger partial charge in [-0.25, -0.2) is 0 Å². The van der Waals surface area contributed by atoms with Gasteiger partial charge in [0, 0.05) is 13.6 Å². The molecule has 2 aromatic rings. The second-order valence-corrected chi connectivity index (χ2v) is 5.85. The minimum Gasteiger partial charge on any atom is -0.484 e. The van der Waals surface area contributed by atoms with Crippen LogP contribution in [0.5, 0.6) is 5.75 Å². The molecule has 1 N–H and O–H groups in total. The van der Waals surface area contributed by atoms with Gasteiger partial charge >= 0.3 is 0 Å². The van der Waals surface area contributed by atoms with E-state index in [0.717, 1.165) is 11.1 Å². The van der Waals surface area contributed by atoms with Crippen molar-refractivity contribution in [2.45, 2.75) is 26.4 Å². The largest absolute Gasteiger partial charge is 0.484 e. The lowest BCUT2D eigenvalue weighted by molar-refractivity contribution is -0.142. The van der Waals surface area contributed by atoms with Crippen LogP contribution in [0.25, 0.3) is 0 Å². The number of nitrogens with zero attached hydrogens (tertiary/aromatic N) is 1. The summed E-state index contributed by atoms with van der Waals surface area (Å²) in [7, 11) is 1.56. The van der Waals surface area contributed by atoms with Crippen LogP contribution in [0.1, 0.15) is 18.1 Å². The summed E-state index contributed by atoms with van der Waals surface area (Å²) in [4.78, 5) is 26.3. The van der Waals surface area contributed by atoms with Gasteiger partial charge in [0.25, 0.3) is 5.91 Å². The van der Waals surface area contributed by atoms with Crippen LogP contribution in [-0.4, -0.2) is 36.4 Å². The summed E-state index contributed by atoms with van der Waals surface area (Å²) in [5.41, 5.74) is 1.92. The van der Waals surface area contributed by atoms with Gasteiger partial charge in [-0.05, 0) is 31.0 Å². The van der Waals surface area contributed by atoms with Crippen LogP contribution in [0.3, 0.4) is 0 Å². The predicted molar refractivity (Wildman–Crippen MR) is 97.2 cm³/mol. The summed E-state index contributed by atoms with van der Waals surface area (Å²) in [5.74, 6) is 0.228. The molecule has 0 saturated carbocycles. The number of rotatable bonds is 7. The van der Waals surface area contributed by atoms with Crippen molar-refractivity contribution in [2.24, 2.45) is 0 Å². The van der Waals surface area contributed by atoms with Crippen LogP contribution in [0.15, 0.2) is 54.6 Å². The lowest BCUT2D eigenvalue weighted by Gasteiger charge is -2.28. The van der Waals surface area contributed by atoms with Gasteiger partial charge in [0.1, 0.15) is 11.8 Å². The Morgan fingerprint density at radius 3 is 2.36 bits per heavy atom. The Hall–Kier alpha value is -2.82. The Balaban J connectivity index is 2.11. The molecule has 0 aromatic heterocycles. The number of likely N-dealkylation sites (N-methyl/N-ethyl adjacent to an activating group) is 1. The van der Waals surface area contributed by atoms with Gasteiger partial charge in [-0.3, -0.25) is 9.59 Å². The first kappa shape index (κ1) is 18.5.